The van der Waals surface area contributed by atoms with E-state index in [4.69, 9.17) is 5.10 Å². The van der Waals surface area contributed by atoms with Crippen molar-refractivity contribution in [2.45, 2.75) is 50.1 Å². The molecule has 4 rings (SSSR count). The Bertz CT molecular complexity index is 1110. The summed E-state index contributed by atoms with van der Waals surface area (Å²) in [5, 5.41) is 4.69. The molecule has 1 aromatic carbocycles. The summed E-state index contributed by atoms with van der Waals surface area (Å²) >= 11 is 0. The minimum atomic E-state index is -3.77. The van der Waals surface area contributed by atoms with Gasteiger partial charge in [-0.2, -0.15) is 5.10 Å². The van der Waals surface area contributed by atoms with Gasteiger partial charge < -0.3 is 0 Å². The van der Waals surface area contributed by atoms with Crippen LogP contribution in [0.3, 0.4) is 0 Å². The molecule has 1 aliphatic carbocycles. The molecule has 1 N–H and O–H groups in total. The second-order valence-corrected chi connectivity index (χ2v) is 9.09. The summed E-state index contributed by atoms with van der Waals surface area (Å²) in [6.45, 7) is 1.63. The number of nitrogens with one attached hydrogen (secondary N) is 1. The van der Waals surface area contributed by atoms with E-state index in [1.165, 1.54) is 12.1 Å². The fourth-order valence-electron chi connectivity index (χ4n) is 3.83. The van der Waals surface area contributed by atoms with E-state index in [9.17, 15) is 12.8 Å². The number of benzene rings is 1. The quantitative estimate of drug-likeness (QED) is 0.662. The van der Waals surface area contributed by atoms with Crippen LogP contribution < -0.4 is 4.72 Å². The Labute approximate surface area is 169 Å². The highest BCUT2D eigenvalue weighted by molar-refractivity contribution is 7.89. The smallest absolute Gasteiger partial charge is 0.241 e. The summed E-state index contributed by atoms with van der Waals surface area (Å²) < 4.78 is 43.2. The van der Waals surface area contributed by atoms with Crippen LogP contribution in [-0.2, 0) is 16.6 Å². The van der Waals surface area contributed by atoms with Gasteiger partial charge in [-0.3, -0.25) is 9.67 Å². The Morgan fingerprint density at radius 2 is 1.97 bits per heavy atom. The van der Waals surface area contributed by atoms with Gasteiger partial charge in [-0.15, -0.1) is 0 Å². The van der Waals surface area contributed by atoms with E-state index in [2.05, 4.69) is 9.71 Å². The molecule has 1 aliphatic rings. The maximum Gasteiger partial charge on any atom is 0.241 e. The van der Waals surface area contributed by atoms with Crippen molar-refractivity contribution in [3.05, 3.63) is 65.7 Å². The molecule has 0 saturated heterocycles. The molecule has 0 spiro atoms. The maximum atomic E-state index is 13.3. The van der Waals surface area contributed by atoms with E-state index in [0.29, 0.717) is 17.3 Å². The second kappa shape index (κ2) is 8.04. The van der Waals surface area contributed by atoms with Crippen molar-refractivity contribution in [1.82, 2.24) is 19.5 Å². The first-order chi connectivity index (χ1) is 13.9. The lowest BCUT2D eigenvalue weighted by atomic mass is 10.2. The van der Waals surface area contributed by atoms with E-state index >= 15 is 0 Å². The molecule has 2 aromatic heterocycles. The Kier molecular flexibility index (Phi) is 5.47. The highest BCUT2D eigenvalue weighted by Crippen LogP contribution is 2.33. The topological polar surface area (TPSA) is 76.9 Å². The first kappa shape index (κ1) is 19.7. The van der Waals surface area contributed by atoms with Gasteiger partial charge in [0.15, 0.2) is 0 Å². The summed E-state index contributed by atoms with van der Waals surface area (Å²) in [7, 11) is -3.77. The third-order valence-corrected chi connectivity index (χ3v) is 6.82. The van der Waals surface area contributed by atoms with Gasteiger partial charge in [0.1, 0.15) is 5.82 Å². The highest BCUT2D eigenvalue weighted by atomic mass is 32.2. The van der Waals surface area contributed by atoms with Crippen LogP contribution in [-0.4, -0.2) is 23.2 Å². The van der Waals surface area contributed by atoms with Crippen LogP contribution in [0, 0.1) is 12.7 Å². The minimum Gasteiger partial charge on any atom is -0.260 e. The molecule has 0 radical (unpaired) electrons. The number of hydrogen-bond donors (Lipinski definition) is 1. The van der Waals surface area contributed by atoms with Crippen molar-refractivity contribution in [1.29, 1.82) is 0 Å². The largest absolute Gasteiger partial charge is 0.260 e. The number of aryl methyl sites for hydroxylation is 1. The number of rotatable bonds is 6. The van der Waals surface area contributed by atoms with Crippen molar-refractivity contribution in [3.8, 4) is 11.4 Å². The molecule has 6 nitrogen and oxygen atoms in total. The normalized spacial score (nSPS) is 15.1. The second-order valence-electron chi connectivity index (χ2n) is 7.35. The highest BCUT2D eigenvalue weighted by Gasteiger charge is 2.23. The molecule has 8 heteroatoms. The van der Waals surface area contributed by atoms with Gasteiger partial charge >= 0.3 is 0 Å². The predicted octanol–water partition coefficient (Wildman–Crippen LogP) is 3.99. The van der Waals surface area contributed by atoms with E-state index in [0.717, 1.165) is 43.1 Å². The standard InChI is InChI=1S/C21H23FN4O2S/c1-15-12-16(22)9-10-21(15)29(27,28)24-14-17-13-20(19-8-4-5-11-23-19)26(25-17)18-6-2-3-7-18/h4-5,8-13,18,24H,2-3,6-7,14H2,1H3. The Hall–Kier alpha value is -2.58. The molecule has 1 saturated carbocycles. The molecule has 0 amide bonds. The average Bonchev–Trinajstić information content (AvgIpc) is 3.36. The number of hydrogen-bond acceptors (Lipinski definition) is 4. The molecule has 0 atom stereocenters. The maximum absolute atomic E-state index is 13.3. The average molecular weight is 415 g/mol. The molecule has 3 aromatic rings. The van der Waals surface area contributed by atoms with Crippen LogP contribution in [0.5, 0.6) is 0 Å². The van der Waals surface area contributed by atoms with E-state index in [-0.39, 0.29) is 11.4 Å². The van der Waals surface area contributed by atoms with E-state index in [1.54, 1.807) is 13.1 Å². The molecule has 1 fully saturated rings. The summed E-state index contributed by atoms with van der Waals surface area (Å²) in [6.07, 6.45) is 6.18. The Morgan fingerprint density at radius 1 is 1.17 bits per heavy atom. The number of nitrogens with zero attached hydrogens (tertiary/aromatic N) is 3. The van der Waals surface area contributed by atoms with E-state index in [1.807, 2.05) is 28.9 Å². The van der Waals surface area contributed by atoms with Crippen LogP contribution >= 0.6 is 0 Å². The molecular formula is C21H23FN4O2S. The summed E-state index contributed by atoms with van der Waals surface area (Å²) in [5.41, 5.74) is 2.70. The van der Waals surface area contributed by atoms with Crippen LogP contribution in [0.1, 0.15) is 43.0 Å². The van der Waals surface area contributed by atoms with Crippen molar-refractivity contribution in [2.75, 3.05) is 0 Å². The fraction of sp³-hybridized carbons (Fsp3) is 0.333. The number of aromatic nitrogens is 3. The van der Waals surface area contributed by atoms with Gasteiger partial charge in [0.2, 0.25) is 10.0 Å². The molecule has 152 valence electrons. The van der Waals surface area contributed by atoms with Gasteiger partial charge in [0, 0.05) is 6.20 Å². The summed E-state index contributed by atoms with van der Waals surface area (Å²) in [4.78, 5) is 4.50. The zero-order valence-electron chi connectivity index (χ0n) is 16.2. The lowest BCUT2D eigenvalue weighted by Crippen LogP contribution is -2.24. The number of pyridine rings is 1. The Morgan fingerprint density at radius 3 is 2.66 bits per heavy atom. The summed E-state index contributed by atoms with van der Waals surface area (Å²) in [5.74, 6) is -0.461. The monoisotopic (exact) mass is 414 g/mol. The Balaban J connectivity index is 1.60. The van der Waals surface area contributed by atoms with Crippen molar-refractivity contribution < 1.29 is 12.8 Å². The first-order valence-corrected chi connectivity index (χ1v) is 11.2. The van der Waals surface area contributed by atoms with Crippen molar-refractivity contribution in [2.24, 2.45) is 0 Å². The summed E-state index contributed by atoms with van der Waals surface area (Å²) in [6, 6.07) is 11.5. The first-order valence-electron chi connectivity index (χ1n) is 9.70. The molecular weight excluding hydrogens is 391 g/mol. The lowest BCUT2D eigenvalue weighted by molar-refractivity contribution is 0.466. The molecule has 0 unspecified atom stereocenters. The predicted molar refractivity (Wildman–Crippen MR) is 108 cm³/mol. The number of halogens is 1. The molecule has 29 heavy (non-hydrogen) atoms. The van der Waals surface area contributed by atoms with Gasteiger partial charge in [-0.1, -0.05) is 18.9 Å². The van der Waals surface area contributed by atoms with E-state index < -0.39 is 15.8 Å². The van der Waals surface area contributed by atoms with Gasteiger partial charge in [0.25, 0.3) is 0 Å². The third-order valence-electron chi connectivity index (χ3n) is 5.25. The third kappa shape index (κ3) is 4.23. The SMILES string of the molecule is Cc1cc(F)ccc1S(=O)(=O)NCc1cc(-c2ccccn2)n(C2CCCC2)n1. The van der Waals surface area contributed by atoms with Crippen LogP contribution in [0.2, 0.25) is 0 Å². The van der Waals surface area contributed by atoms with Crippen LogP contribution in [0.4, 0.5) is 4.39 Å². The molecule has 0 aliphatic heterocycles. The molecule has 2 heterocycles. The van der Waals surface area contributed by atoms with Crippen molar-refractivity contribution in [3.63, 3.8) is 0 Å². The molecule has 0 bridgehead atoms. The fourth-order valence-corrected chi connectivity index (χ4v) is 5.05. The number of sulfonamides is 1. The minimum absolute atomic E-state index is 0.0543. The van der Waals surface area contributed by atoms with Gasteiger partial charge in [-0.25, -0.2) is 17.5 Å². The lowest BCUT2D eigenvalue weighted by Gasteiger charge is -2.13. The zero-order valence-corrected chi connectivity index (χ0v) is 17.0. The zero-order chi connectivity index (χ0) is 20.4. The van der Waals surface area contributed by atoms with Crippen LogP contribution in [0.25, 0.3) is 11.4 Å². The van der Waals surface area contributed by atoms with Crippen LogP contribution in [0.15, 0.2) is 53.6 Å². The van der Waals surface area contributed by atoms with Gasteiger partial charge in [-0.05, 0) is 61.7 Å². The van der Waals surface area contributed by atoms with Gasteiger partial charge in [0.05, 0.1) is 34.6 Å². The van der Waals surface area contributed by atoms with Crippen molar-refractivity contribution >= 4 is 10.0 Å².